The number of nitrogens with two attached hydrogens (primary N) is 1. The maximum atomic E-state index is 12.1. The fraction of sp³-hybridized carbons (Fsp3) is 0.583. The Hall–Kier alpha value is -1.63. The zero-order chi connectivity index (χ0) is 14.0. The molecule has 0 bridgehead atoms. The van der Waals surface area contributed by atoms with Gasteiger partial charge >= 0.3 is 5.97 Å². The van der Waals surface area contributed by atoms with Crippen LogP contribution in [0.4, 0.5) is 5.13 Å². The second-order valence-corrected chi connectivity index (χ2v) is 6.00. The second kappa shape index (κ2) is 5.16. The first kappa shape index (κ1) is 13.8. The molecule has 0 saturated heterocycles. The van der Waals surface area contributed by atoms with Crippen molar-refractivity contribution in [2.24, 2.45) is 5.92 Å². The number of nitrogens with zero attached hydrogens (tertiary/aromatic N) is 1. The fourth-order valence-corrected chi connectivity index (χ4v) is 3.13. The van der Waals surface area contributed by atoms with Crippen molar-refractivity contribution >= 4 is 28.3 Å². The molecule has 1 fully saturated rings. The monoisotopic (exact) mass is 283 g/mol. The predicted octanol–water partition coefficient (Wildman–Crippen LogP) is 1.49. The molecule has 2 atom stereocenters. The Morgan fingerprint density at radius 1 is 1.63 bits per heavy atom. The smallest absolute Gasteiger partial charge is 0.329 e. The first-order chi connectivity index (χ1) is 8.93. The second-order valence-electron chi connectivity index (χ2n) is 5.11. The summed E-state index contributed by atoms with van der Waals surface area (Å²) < 4.78 is 0. The average molecular weight is 283 g/mol. The summed E-state index contributed by atoms with van der Waals surface area (Å²) in [5.74, 6) is -1.16. The standard InChI is InChI=1S/C12H17N3O3S/c1-7-3-2-4-12(5-7,10(17)18)15-9(16)8-6-19-11(13)14-8/h6-7H,2-5H2,1H3,(H2,13,14)(H,15,16)(H,17,18). The zero-order valence-corrected chi connectivity index (χ0v) is 11.5. The molecule has 0 aliphatic heterocycles. The number of aliphatic carboxylic acids is 1. The number of carbonyl (C=O) groups excluding carboxylic acids is 1. The van der Waals surface area contributed by atoms with Crippen LogP contribution in [-0.2, 0) is 4.79 Å². The molecule has 1 heterocycles. The molecule has 0 spiro atoms. The number of nitrogen functional groups attached to an aromatic ring is 1. The summed E-state index contributed by atoms with van der Waals surface area (Å²) >= 11 is 1.16. The van der Waals surface area contributed by atoms with Gasteiger partial charge in [-0.3, -0.25) is 4.79 Å². The minimum atomic E-state index is -1.17. The van der Waals surface area contributed by atoms with Gasteiger partial charge < -0.3 is 16.2 Å². The molecule has 2 rings (SSSR count). The van der Waals surface area contributed by atoms with Crippen molar-refractivity contribution in [3.05, 3.63) is 11.1 Å². The lowest BCUT2D eigenvalue weighted by molar-refractivity contribution is -0.146. The van der Waals surface area contributed by atoms with Gasteiger partial charge in [-0.25, -0.2) is 9.78 Å². The van der Waals surface area contributed by atoms with Gasteiger partial charge in [-0.05, 0) is 18.8 Å². The van der Waals surface area contributed by atoms with Crippen molar-refractivity contribution < 1.29 is 14.7 Å². The summed E-state index contributed by atoms with van der Waals surface area (Å²) in [4.78, 5) is 27.5. The summed E-state index contributed by atoms with van der Waals surface area (Å²) in [5, 5.41) is 13.9. The lowest BCUT2D eigenvalue weighted by Crippen LogP contribution is -2.56. The molecule has 1 aromatic heterocycles. The van der Waals surface area contributed by atoms with Gasteiger partial charge in [-0.2, -0.15) is 0 Å². The van der Waals surface area contributed by atoms with E-state index in [1.165, 1.54) is 5.38 Å². The molecule has 19 heavy (non-hydrogen) atoms. The molecule has 2 unspecified atom stereocenters. The van der Waals surface area contributed by atoms with Gasteiger partial charge in [-0.1, -0.05) is 19.8 Å². The minimum absolute atomic E-state index is 0.182. The third-order valence-corrected chi connectivity index (χ3v) is 4.19. The van der Waals surface area contributed by atoms with Crippen molar-refractivity contribution in [3.63, 3.8) is 0 Å². The summed E-state index contributed by atoms with van der Waals surface area (Å²) in [7, 11) is 0. The highest BCUT2D eigenvalue weighted by molar-refractivity contribution is 7.13. The Bertz CT molecular complexity index is 502. The van der Waals surface area contributed by atoms with E-state index in [9.17, 15) is 14.7 Å². The van der Waals surface area contributed by atoms with Crippen molar-refractivity contribution in [2.75, 3.05) is 5.73 Å². The van der Waals surface area contributed by atoms with E-state index < -0.39 is 17.4 Å². The van der Waals surface area contributed by atoms with E-state index in [0.29, 0.717) is 18.0 Å². The Kier molecular flexibility index (Phi) is 3.75. The summed E-state index contributed by atoms with van der Waals surface area (Å²) in [6.45, 7) is 2.00. The molecule has 0 aromatic carbocycles. The number of amides is 1. The van der Waals surface area contributed by atoms with Crippen LogP contribution in [-0.4, -0.2) is 27.5 Å². The van der Waals surface area contributed by atoms with Crippen LogP contribution in [0.25, 0.3) is 0 Å². The summed E-state index contributed by atoms with van der Waals surface area (Å²) in [5.41, 5.74) is 4.48. The van der Waals surface area contributed by atoms with Crippen LogP contribution in [0.1, 0.15) is 43.1 Å². The highest BCUT2D eigenvalue weighted by Crippen LogP contribution is 2.32. The van der Waals surface area contributed by atoms with Crippen molar-refractivity contribution in [1.29, 1.82) is 0 Å². The van der Waals surface area contributed by atoms with E-state index in [-0.39, 0.29) is 11.6 Å². The molecule has 1 aromatic rings. The Balaban J connectivity index is 2.17. The van der Waals surface area contributed by atoms with E-state index in [2.05, 4.69) is 10.3 Å². The number of nitrogens with one attached hydrogen (secondary N) is 1. The van der Waals surface area contributed by atoms with Gasteiger partial charge in [0, 0.05) is 5.38 Å². The molecular formula is C12H17N3O3S. The number of aromatic nitrogens is 1. The number of thiazole rings is 1. The Morgan fingerprint density at radius 3 is 2.89 bits per heavy atom. The van der Waals surface area contributed by atoms with Crippen LogP contribution in [0.15, 0.2) is 5.38 Å². The Labute approximate surface area is 115 Å². The number of carbonyl (C=O) groups is 2. The van der Waals surface area contributed by atoms with Gasteiger partial charge in [-0.15, -0.1) is 11.3 Å². The van der Waals surface area contributed by atoms with E-state index in [1.54, 1.807) is 0 Å². The lowest BCUT2D eigenvalue weighted by Gasteiger charge is -2.36. The average Bonchev–Trinajstić information content (AvgIpc) is 2.75. The van der Waals surface area contributed by atoms with Crippen LogP contribution >= 0.6 is 11.3 Å². The van der Waals surface area contributed by atoms with Crippen LogP contribution in [0.3, 0.4) is 0 Å². The minimum Gasteiger partial charge on any atom is -0.480 e. The van der Waals surface area contributed by atoms with Crippen LogP contribution in [0.2, 0.25) is 0 Å². The van der Waals surface area contributed by atoms with Crippen molar-refractivity contribution in [1.82, 2.24) is 10.3 Å². The van der Waals surface area contributed by atoms with Crippen LogP contribution < -0.4 is 11.1 Å². The Morgan fingerprint density at radius 2 is 2.37 bits per heavy atom. The SMILES string of the molecule is CC1CCCC(NC(=O)c2csc(N)n2)(C(=O)O)C1. The van der Waals surface area contributed by atoms with Crippen molar-refractivity contribution in [3.8, 4) is 0 Å². The predicted molar refractivity (Wildman–Crippen MR) is 72.0 cm³/mol. The largest absolute Gasteiger partial charge is 0.480 e. The molecule has 1 aliphatic carbocycles. The first-order valence-electron chi connectivity index (χ1n) is 6.20. The molecule has 1 saturated carbocycles. The van der Waals surface area contributed by atoms with Crippen LogP contribution in [0.5, 0.6) is 0 Å². The molecule has 4 N–H and O–H groups in total. The topological polar surface area (TPSA) is 105 Å². The van der Waals surface area contributed by atoms with Gasteiger partial charge in [0.25, 0.3) is 5.91 Å². The highest BCUT2D eigenvalue weighted by Gasteiger charge is 2.43. The number of carboxylic acids is 1. The molecule has 6 nitrogen and oxygen atoms in total. The number of carboxylic acid groups (broad SMARTS) is 1. The molecule has 1 aliphatic rings. The first-order valence-corrected chi connectivity index (χ1v) is 7.08. The number of rotatable bonds is 3. The van der Waals surface area contributed by atoms with Crippen molar-refractivity contribution in [2.45, 2.75) is 38.1 Å². The normalized spacial score (nSPS) is 26.9. The third-order valence-electron chi connectivity index (χ3n) is 3.51. The summed E-state index contributed by atoms with van der Waals surface area (Å²) in [6, 6.07) is 0. The molecule has 104 valence electrons. The molecule has 7 heteroatoms. The molecular weight excluding hydrogens is 266 g/mol. The molecule has 1 amide bonds. The van der Waals surface area contributed by atoms with E-state index in [4.69, 9.17) is 5.73 Å². The van der Waals surface area contributed by atoms with Crippen LogP contribution in [0, 0.1) is 5.92 Å². The van der Waals surface area contributed by atoms with E-state index >= 15 is 0 Å². The van der Waals surface area contributed by atoms with E-state index in [1.807, 2.05) is 6.92 Å². The number of hydrogen-bond acceptors (Lipinski definition) is 5. The fourth-order valence-electron chi connectivity index (χ4n) is 2.59. The van der Waals surface area contributed by atoms with Gasteiger partial charge in [0.15, 0.2) is 5.13 Å². The van der Waals surface area contributed by atoms with Gasteiger partial charge in [0.2, 0.25) is 0 Å². The van der Waals surface area contributed by atoms with Gasteiger partial charge in [0.1, 0.15) is 11.2 Å². The lowest BCUT2D eigenvalue weighted by atomic mass is 9.76. The summed E-state index contributed by atoms with van der Waals surface area (Å²) in [6.07, 6.45) is 2.70. The highest BCUT2D eigenvalue weighted by atomic mass is 32.1. The van der Waals surface area contributed by atoms with Gasteiger partial charge in [0.05, 0.1) is 0 Å². The molecule has 0 radical (unpaired) electrons. The quantitative estimate of drug-likeness (QED) is 0.779. The zero-order valence-electron chi connectivity index (χ0n) is 10.7. The maximum absolute atomic E-state index is 12.1. The third kappa shape index (κ3) is 2.86. The number of anilines is 1. The maximum Gasteiger partial charge on any atom is 0.329 e. The number of hydrogen-bond donors (Lipinski definition) is 3. The van der Waals surface area contributed by atoms with E-state index in [0.717, 1.165) is 24.2 Å².